The average Bonchev–Trinajstić information content (AvgIpc) is 2.74. The lowest BCUT2D eigenvalue weighted by atomic mass is 10.0. The average molecular weight is 377 g/mol. The van der Waals surface area contributed by atoms with Gasteiger partial charge in [0, 0.05) is 11.3 Å². The molecule has 3 aromatic rings. The zero-order chi connectivity index (χ0) is 19.9. The molecule has 0 aromatic heterocycles. The summed E-state index contributed by atoms with van der Waals surface area (Å²) in [6.07, 6.45) is 0.286. The number of ether oxygens (including phenoxy) is 3. The Morgan fingerprint density at radius 2 is 1.39 bits per heavy atom. The minimum Gasteiger partial charge on any atom is -0.497 e. The highest BCUT2D eigenvalue weighted by Crippen LogP contribution is 2.33. The summed E-state index contributed by atoms with van der Waals surface area (Å²) >= 11 is 0. The highest BCUT2D eigenvalue weighted by atomic mass is 16.5. The molecule has 0 aliphatic carbocycles. The van der Waals surface area contributed by atoms with E-state index in [2.05, 4.69) is 5.32 Å². The van der Waals surface area contributed by atoms with Crippen molar-refractivity contribution in [1.82, 2.24) is 0 Å². The minimum absolute atomic E-state index is 0.0870. The Balaban J connectivity index is 1.77. The number of amides is 1. The quantitative estimate of drug-likeness (QED) is 0.656. The molecule has 3 rings (SSSR count). The molecular weight excluding hydrogens is 354 g/mol. The van der Waals surface area contributed by atoms with Gasteiger partial charge in [-0.25, -0.2) is 0 Å². The maximum Gasteiger partial charge on any atom is 0.228 e. The maximum absolute atomic E-state index is 12.4. The predicted octanol–water partition coefficient (Wildman–Crippen LogP) is 4.56. The summed E-state index contributed by atoms with van der Waals surface area (Å²) in [5.74, 6) is 2.20. The van der Waals surface area contributed by atoms with Crippen LogP contribution in [0.3, 0.4) is 0 Å². The van der Waals surface area contributed by atoms with Crippen LogP contribution in [0.2, 0.25) is 0 Å². The molecule has 0 spiro atoms. The molecule has 3 aromatic carbocycles. The number of carbonyl (C=O) groups is 1. The fraction of sp³-hybridized carbons (Fsp3) is 0.174. The number of benzene rings is 3. The van der Waals surface area contributed by atoms with Crippen molar-refractivity contribution in [3.63, 3.8) is 0 Å². The monoisotopic (exact) mass is 377 g/mol. The smallest absolute Gasteiger partial charge is 0.228 e. The first-order valence-corrected chi connectivity index (χ1v) is 8.88. The zero-order valence-corrected chi connectivity index (χ0v) is 16.2. The fourth-order valence-corrected chi connectivity index (χ4v) is 2.92. The molecular formula is C23H23NO4. The molecule has 0 heterocycles. The first kappa shape index (κ1) is 19.3. The van der Waals surface area contributed by atoms with Crippen LogP contribution in [0.25, 0.3) is 11.1 Å². The van der Waals surface area contributed by atoms with Crippen molar-refractivity contribution >= 4 is 11.6 Å². The Labute approximate surface area is 164 Å². The van der Waals surface area contributed by atoms with E-state index in [-0.39, 0.29) is 12.3 Å². The number of nitrogens with one attached hydrogen (secondary N) is 1. The van der Waals surface area contributed by atoms with E-state index >= 15 is 0 Å². The van der Waals surface area contributed by atoms with Crippen molar-refractivity contribution in [3.8, 4) is 28.4 Å². The number of methoxy groups -OCH3 is 3. The predicted molar refractivity (Wildman–Crippen MR) is 110 cm³/mol. The fourth-order valence-electron chi connectivity index (χ4n) is 2.92. The molecule has 0 unspecified atom stereocenters. The van der Waals surface area contributed by atoms with Crippen LogP contribution in [0.1, 0.15) is 5.56 Å². The molecule has 28 heavy (non-hydrogen) atoms. The highest BCUT2D eigenvalue weighted by Gasteiger charge is 2.10. The van der Waals surface area contributed by atoms with Gasteiger partial charge in [0.2, 0.25) is 5.91 Å². The van der Waals surface area contributed by atoms with Crippen LogP contribution in [0, 0.1) is 0 Å². The van der Waals surface area contributed by atoms with Crippen LogP contribution in [-0.2, 0) is 11.2 Å². The topological polar surface area (TPSA) is 56.8 Å². The molecule has 0 bridgehead atoms. The third-order valence-corrected chi connectivity index (χ3v) is 4.41. The van der Waals surface area contributed by atoms with Crippen molar-refractivity contribution in [1.29, 1.82) is 0 Å². The summed E-state index contributed by atoms with van der Waals surface area (Å²) in [6.45, 7) is 0. The van der Waals surface area contributed by atoms with E-state index in [0.29, 0.717) is 5.69 Å². The van der Waals surface area contributed by atoms with Gasteiger partial charge in [0.15, 0.2) is 0 Å². The van der Waals surface area contributed by atoms with Crippen molar-refractivity contribution in [2.75, 3.05) is 26.6 Å². The number of hydrogen-bond acceptors (Lipinski definition) is 4. The lowest BCUT2D eigenvalue weighted by Crippen LogP contribution is -2.14. The minimum atomic E-state index is -0.0870. The molecule has 0 aliphatic heterocycles. The van der Waals surface area contributed by atoms with Crippen molar-refractivity contribution < 1.29 is 19.0 Å². The number of carbonyl (C=O) groups excluding carboxylic acids is 1. The summed E-state index contributed by atoms with van der Waals surface area (Å²) < 4.78 is 15.8. The van der Waals surface area contributed by atoms with E-state index < -0.39 is 0 Å². The van der Waals surface area contributed by atoms with Crippen LogP contribution in [0.5, 0.6) is 17.2 Å². The largest absolute Gasteiger partial charge is 0.497 e. The molecule has 1 amide bonds. The summed E-state index contributed by atoms with van der Waals surface area (Å²) in [5.41, 5.74) is 3.50. The van der Waals surface area contributed by atoms with Gasteiger partial charge < -0.3 is 19.5 Å². The van der Waals surface area contributed by atoms with Crippen molar-refractivity contribution in [2.45, 2.75) is 6.42 Å². The third-order valence-electron chi connectivity index (χ3n) is 4.41. The second kappa shape index (κ2) is 8.95. The van der Waals surface area contributed by atoms with Gasteiger partial charge in [-0.1, -0.05) is 24.3 Å². The van der Waals surface area contributed by atoms with Crippen molar-refractivity contribution in [3.05, 3.63) is 72.3 Å². The number of rotatable bonds is 7. The summed E-state index contributed by atoms with van der Waals surface area (Å²) in [5, 5.41) is 2.95. The summed E-state index contributed by atoms with van der Waals surface area (Å²) in [6, 6.07) is 20.7. The Bertz CT molecular complexity index is 934. The lowest BCUT2D eigenvalue weighted by molar-refractivity contribution is -0.115. The second-order valence-electron chi connectivity index (χ2n) is 6.22. The Morgan fingerprint density at radius 3 is 1.96 bits per heavy atom. The van der Waals surface area contributed by atoms with Crippen LogP contribution in [0.4, 0.5) is 5.69 Å². The summed E-state index contributed by atoms with van der Waals surface area (Å²) in [4.78, 5) is 12.4. The van der Waals surface area contributed by atoms with Gasteiger partial charge in [-0.15, -0.1) is 0 Å². The van der Waals surface area contributed by atoms with E-state index in [4.69, 9.17) is 14.2 Å². The number of anilines is 1. The second-order valence-corrected chi connectivity index (χ2v) is 6.22. The lowest BCUT2D eigenvalue weighted by Gasteiger charge is -2.13. The zero-order valence-electron chi connectivity index (χ0n) is 16.2. The van der Waals surface area contributed by atoms with Crippen molar-refractivity contribution in [2.24, 2.45) is 0 Å². The number of hydrogen-bond donors (Lipinski definition) is 1. The maximum atomic E-state index is 12.4. The van der Waals surface area contributed by atoms with E-state index in [1.165, 1.54) is 0 Å². The molecule has 5 nitrogen and oxygen atoms in total. The molecule has 0 atom stereocenters. The molecule has 0 aliphatic rings. The molecule has 0 radical (unpaired) electrons. The van der Waals surface area contributed by atoms with E-state index in [9.17, 15) is 4.79 Å². The van der Waals surface area contributed by atoms with Gasteiger partial charge in [0.05, 0.1) is 27.8 Å². The Morgan fingerprint density at radius 1 is 0.786 bits per heavy atom. The van der Waals surface area contributed by atoms with E-state index in [1.54, 1.807) is 21.3 Å². The van der Waals surface area contributed by atoms with E-state index in [0.717, 1.165) is 33.9 Å². The van der Waals surface area contributed by atoms with Crippen LogP contribution in [0.15, 0.2) is 66.7 Å². The van der Waals surface area contributed by atoms with Gasteiger partial charge >= 0.3 is 0 Å². The molecule has 1 N–H and O–H groups in total. The van der Waals surface area contributed by atoms with Gasteiger partial charge in [-0.2, -0.15) is 0 Å². The highest BCUT2D eigenvalue weighted by molar-refractivity contribution is 5.93. The Hall–Kier alpha value is -3.47. The normalized spacial score (nSPS) is 10.2. The van der Waals surface area contributed by atoms with Gasteiger partial charge in [-0.05, 0) is 53.6 Å². The summed E-state index contributed by atoms with van der Waals surface area (Å²) in [7, 11) is 4.88. The SMILES string of the molecule is COc1ccc(CC(=O)Nc2ccc(OC)c(-c3ccc(OC)cc3)c2)cc1. The standard InChI is InChI=1S/C23H23NO4/c1-26-19-9-4-16(5-10-19)14-23(25)24-18-8-13-22(28-3)21(15-18)17-6-11-20(27-2)12-7-17/h4-13,15H,14H2,1-3H3,(H,24,25). The molecule has 0 saturated heterocycles. The first-order valence-electron chi connectivity index (χ1n) is 8.88. The van der Waals surface area contributed by atoms with Gasteiger partial charge in [0.1, 0.15) is 17.2 Å². The first-order chi connectivity index (χ1) is 13.6. The van der Waals surface area contributed by atoms with Crippen LogP contribution >= 0.6 is 0 Å². The van der Waals surface area contributed by atoms with Crippen LogP contribution < -0.4 is 19.5 Å². The third kappa shape index (κ3) is 4.62. The van der Waals surface area contributed by atoms with Gasteiger partial charge in [0.25, 0.3) is 0 Å². The van der Waals surface area contributed by atoms with E-state index in [1.807, 2.05) is 66.7 Å². The molecule has 144 valence electrons. The van der Waals surface area contributed by atoms with Gasteiger partial charge in [-0.3, -0.25) is 4.79 Å². The molecule has 0 saturated carbocycles. The Kier molecular flexibility index (Phi) is 6.17. The van der Waals surface area contributed by atoms with Crippen LogP contribution in [-0.4, -0.2) is 27.2 Å². The molecule has 0 fully saturated rings. The molecule has 5 heteroatoms.